The van der Waals surface area contributed by atoms with E-state index in [-0.39, 0.29) is 35.6 Å². The van der Waals surface area contributed by atoms with Crippen LogP contribution in [0, 0.1) is 5.41 Å². The molecule has 37 heavy (non-hydrogen) atoms. The summed E-state index contributed by atoms with van der Waals surface area (Å²) in [5.74, 6) is -0.296. The van der Waals surface area contributed by atoms with Crippen LogP contribution in [0.4, 0.5) is 5.69 Å². The monoisotopic (exact) mass is 604 g/mol. The van der Waals surface area contributed by atoms with Crippen LogP contribution in [0.15, 0.2) is 46.9 Å². The Bertz CT molecular complexity index is 1200. The van der Waals surface area contributed by atoms with Gasteiger partial charge in [0.1, 0.15) is 5.41 Å². The molecule has 0 radical (unpaired) electrons. The average molecular weight is 606 g/mol. The maximum Gasteiger partial charge on any atom is 0.237 e. The van der Waals surface area contributed by atoms with Gasteiger partial charge in [-0.05, 0) is 67.0 Å². The predicted molar refractivity (Wildman–Crippen MR) is 157 cm³/mol. The van der Waals surface area contributed by atoms with Crippen LogP contribution >= 0.6 is 27.5 Å². The predicted octanol–water partition coefficient (Wildman–Crippen LogP) is 7.05. The van der Waals surface area contributed by atoms with E-state index in [1.54, 1.807) is 7.11 Å². The Morgan fingerprint density at radius 1 is 1.16 bits per heavy atom. The highest BCUT2D eigenvalue weighted by Crippen LogP contribution is 2.63. The first-order valence-electron chi connectivity index (χ1n) is 13.1. The number of ether oxygens (including phenoxy) is 1. The highest BCUT2D eigenvalue weighted by Gasteiger charge is 2.67. The van der Waals surface area contributed by atoms with E-state index in [1.165, 1.54) is 0 Å². The Balaban J connectivity index is 0.000000349. The van der Waals surface area contributed by atoms with Gasteiger partial charge in [0.2, 0.25) is 11.8 Å². The maximum atomic E-state index is 13.8. The summed E-state index contributed by atoms with van der Waals surface area (Å²) in [5.41, 5.74) is 2.34. The second-order valence-corrected chi connectivity index (χ2v) is 18.7. The molecule has 2 aliphatic heterocycles. The fourth-order valence-corrected chi connectivity index (χ4v) is 7.21. The number of fused-ring (bicyclic) bond motifs is 2. The number of piperidine rings is 1. The van der Waals surface area contributed by atoms with Crippen molar-refractivity contribution in [3.8, 4) is 0 Å². The van der Waals surface area contributed by atoms with Crippen molar-refractivity contribution in [2.24, 2.45) is 5.41 Å². The molecular formula is C29H38BrClN2O3Si. The lowest BCUT2D eigenvalue weighted by molar-refractivity contribution is -0.133. The van der Waals surface area contributed by atoms with Crippen LogP contribution in [0.2, 0.25) is 24.7 Å². The van der Waals surface area contributed by atoms with Crippen molar-refractivity contribution in [1.82, 2.24) is 5.32 Å². The molecule has 1 unspecified atom stereocenters. The van der Waals surface area contributed by atoms with E-state index in [0.29, 0.717) is 10.7 Å². The van der Waals surface area contributed by atoms with Crippen molar-refractivity contribution < 1.29 is 14.3 Å². The van der Waals surface area contributed by atoms with Crippen LogP contribution in [-0.4, -0.2) is 38.8 Å². The number of benzene rings is 2. The number of nitrogens with one attached hydrogen (secondary N) is 2. The number of amides is 2. The first-order chi connectivity index (χ1) is 17.4. The van der Waals surface area contributed by atoms with Gasteiger partial charge in [0, 0.05) is 40.4 Å². The van der Waals surface area contributed by atoms with Crippen LogP contribution < -0.4 is 10.6 Å². The summed E-state index contributed by atoms with van der Waals surface area (Å²) in [6, 6.07) is 13.3. The number of hydrogen-bond acceptors (Lipinski definition) is 3. The standard InChI is InChI=1S/C23H22BrClN2O2.C6H16OSi/c1-2-22(8-9-22)20-23(16-7-6-14(24)11-18(16)26-21(23)29)17(12-19(28)27-20)13-4-3-5-15(25)10-13;1-6(7-2)8(3,4)5/h3-7,10-11,17,20H,2,8-9,12H2,1H3,(H,26,29)(H,27,28);6H,1-5H3/t17-,20+,23-;/m0./s1. The van der Waals surface area contributed by atoms with Crippen LogP contribution in [0.5, 0.6) is 0 Å². The van der Waals surface area contributed by atoms with Crippen molar-refractivity contribution in [2.75, 3.05) is 12.4 Å². The van der Waals surface area contributed by atoms with E-state index in [2.05, 4.69) is 60.1 Å². The zero-order valence-corrected chi connectivity index (χ0v) is 25.9. The van der Waals surface area contributed by atoms with Crippen molar-refractivity contribution in [1.29, 1.82) is 0 Å². The van der Waals surface area contributed by atoms with Gasteiger partial charge in [0.25, 0.3) is 0 Å². The molecule has 2 aromatic rings. The van der Waals surface area contributed by atoms with Gasteiger partial charge in [-0.2, -0.15) is 0 Å². The number of anilines is 1. The molecule has 5 rings (SSSR count). The minimum absolute atomic E-state index is 0.00341. The summed E-state index contributed by atoms with van der Waals surface area (Å²) < 4.78 is 6.09. The molecule has 2 heterocycles. The number of methoxy groups -OCH3 is 1. The molecule has 2 amide bonds. The molecule has 1 aliphatic carbocycles. The number of hydrogen-bond donors (Lipinski definition) is 2. The SMILES string of the molecule is CCC1([C@H]2NC(=O)C[C@@H](c3cccc(Cl)c3)[C@]23C(=O)Nc2cc(Br)ccc23)CC1.COC(C)[Si](C)(C)C. The minimum atomic E-state index is -0.983. The zero-order chi connectivity index (χ0) is 27.2. The highest BCUT2D eigenvalue weighted by molar-refractivity contribution is 9.10. The summed E-state index contributed by atoms with van der Waals surface area (Å²) in [6.07, 6.45) is 3.25. The summed E-state index contributed by atoms with van der Waals surface area (Å²) in [7, 11) is 0.798. The van der Waals surface area contributed by atoms with E-state index < -0.39 is 13.5 Å². The Morgan fingerprint density at radius 2 is 1.86 bits per heavy atom. The van der Waals surface area contributed by atoms with Gasteiger partial charge in [0.05, 0.1) is 14.1 Å². The lowest BCUT2D eigenvalue weighted by atomic mass is 9.57. The molecule has 0 aromatic heterocycles. The first kappa shape index (κ1) is 28.3. The third kappa shape index (κ3) is 5.17. The third-order valence-corrected chi connectivity index (χ3v) is 12.2. The molecule has 5 nitrogen and oxygen atoms in total. The Morgan fingerprint density at radius 3 is 2.41 bits per heavy atom. The lowest BCUT2D eigenvalue weighted by Crippen LogP contribution is -2.65. The summed E-state index contributed by atoms with van der Waals surface area (Å²) in [4.78, 5) is 26.6. The van der Waals surface area contributed by atoms with E-state index in [1.807, 2.05) is 42.5 Å². The largest absolute Gasteiger partial charge is 0.385 e. The van der Waals surface area contributed by atoms with E-state index >= 15 is 0 Å². The van der Waals surface area contributed by atoms with E-state index in [0.717, 1.165) is 40.5 Å². The average Bonchev–Trinajstić information content (AvgIpc) is 3.59. The molecule has 1 saturated carbocycles. The smallest absolute Gasteiger partial charge is 0.237 e. The number of carbonyl (C=O) groups excluding carboxylic acids is 2. The van der Waals surface area contributed by atoms with Crippen LogP contribution in [0.1, 0.15) is 56.6 Å². The Hall–Kier alpha value is -1.67. The quantitative estimate of drug-likeness (QED) is 0.359. The van der Waals surface area contributed by atoms with E-state index in [9.17, 15) is 9.59 Å². The molecule has 8 heteroatoms. The fraction of sp³-hybridized carbons (Fsp3) is 0.517. The van der Waals surface area contributed by atoms with Gasteiger partial charge in [-0.15, -0.1) is 0 Å². The van der Waals surface area contributed by atoms with Gasteiger partial charge in [-0.25, -0.2) is 0 Å². The van der Waals surface area contributed by atoms with Crippen molar-refractivity contribution in [3.05, 3.63) is 63.1 Å². The van der Waals surface area contributed by atoms with Gasteiger partial charge in [-0.3, -0.25) is 9.59 Å². The minimum Gasteiger partial charge on any atom is -0.385 e. The normalized spacial score (nSPS) is 26.5. The fourth-order valence-electron chi connectivity index (χ4n) is 5.94. The molecule has 4 atom stereocenters. The van der Waals surface area contributed by atoms with E-state index in [4.69, 9.17) is 16.3 Å². The second-order valence-electron chi connectivity index (χ2n) is 11.8. The number of halogens is 2. The zero-order valence-electron chi connectivity index (χ0n) is 22.6. The third-order valence-electron chi connectivity index (χ3n) is 8.78. The summed E-state index contributed by atoms with van der Waals surface area (Å²) >= 11 is 9.83. The van der Waals surface area contributed by atoms with Crippen LogP contribution in [0.3, 0.4) is 0 Å². The van der Waals surface area contributed by atoms with Crippen LogP contribution in [-0.2, 0) is 19.7 Å². The molecule has 0 bridgehead atoms. The topological polar surface area (TPSA) is 67.4 Å². The summed E-state index contributed by atoms with van der Waals surface area (Å²) in [5, 5.41) is 7.00. The molecule has 3 aliphatic rings. The number of carbonyl (C=O) groups is 2. The number of rotatable bonds is 5. The Kier molecular flexibility index (Phi) is 8.02. The van der Waals surface area contributed by atoms with Gasteiger partial charge in [-0.1, -0.05) is 72.3 Å². The Labute approximate surface area is 235 Å². The van der Waals surface area contributed by atoms with Gasteiger partial charge in [0.15, 0.2) is 0 Å². The highest BCUT2D eigenvalue weighted by atomic mass is 79.9. The van der Waals surface area contributed by atoms with Gasteiger partial charge >= 0.3 is 0 Å². The molecule has 2 fully saturated rings. The van der Waals surface area contributed by atoms with Crippen LogP contribution in [0.25, 0.3) is 0 Å². The summed E-state index contributed by atoms with van der Waals surface area (Å²) in [6.45, 7) is 11.2. The second kappa shape index (κ2) is 10.5. The van der Waals surface area contributed by atoms with Crippen molar-refractivity contribution >= 4 is 53.1 Å². The lowest BCUT2D eigenvalue weighted by Gasteiger charge is -2.49. The maximum absolute atomic E-state index is 13.8. The molecule has 200 valence electrons. The molecular weight excluding hydrogens is 568 g/mol. The molecule has 1 saturated heterocycles. The first-order valence-corrected chi connectivity index (χ1v) is 17.8. The van der Waals surface area contributed by atoms with Crippen molar-refractivity contribution in [2.45, 2.75) is 82.3 Å². The van der Waals surface area contributed by atoms with Crippen molar-refractivity contribution in [3.63, 3.8) is 0 Å². The molecule has 1 spiro atoms. The molecule has 2 N–H and O–H groups in total. The van der Waals surface area contributed by atoms with Gasteiger partial charge < -0.3 is 15.4 Å². The molecule has 2 aromatic carbocycles.